The SMILES string of the molecule is Cc1oc2cc(OCCOc3ccc4c(=O)c(-c5ccccc5)c(C)oc4c3)ccc2c(=O)c1-c1ccccc1. The maximum Gasteiger partial charge on any atom is 0.200 e. The standard InChI is InChI=1S/C34H26O6/c1-21-31(23-9-5-3-6-10-23)33(35)27-15-13-25(19-29(27)39-21)37-17-18-38-26-14-16-28-30(20-26)40-22(2)32(34(28)36)24-11-7-4-8-12-24/h3-16,19-20H,17-18H2,1-2H3. The molecule has 2 aromatic heterocycles. The van der Waals surface area contributed by atoms with Crippen LogP contribution < -0.4 is 20.3 Å². The minimum atomic E-state index is -0.0751. The van der Waals surface area contributed by atoms with Crippen molar-refractivity contribution in [2.75, 3.05) is 13.2 Å². The highest BCUT2D eigenvalue weighted by Gasteiger charge is 2.15. The van der Waals surface area contributed by atoms with Gasteiger partial charge in [0, 0.05) is 12.1 Å². The fourth-order valence-electron chi connectivity index (χ4n) is 4.95. The molecule has 198 valence electrons. The lowest BCUT2D eigenvalue weighted by Gasteiger charge is -2.11. The molecule has 6 heteroatoms. The molecule has 0 radical (unpaired) electrons. The summed E-state index contributed by atoms with van der Waals surface area (Å²) in [5.41, 5.74) is 3.56. The second kappa shape index (κ2) is 10.6. The van der Waals surface area contributed by atoms with Gasteiger partial charge in [-0.1, -0.05) is 60.7 Å². The van der Waals surface area contributed by atoms with E-state index in [1.807, 2.05) is 60.7 Å². The number of aryl methyl sites for hydroxylation is 2. The van der Waals surface area contributed by atoms with E-state index in [2.05, 4.69) is 0 Å². The van der Waals surface area contributed by atoms with Crippen molar-refractivity contribution < 1.29 is 18.3 Å². The minimum Gasteiger partial charge on any atom is -0.490 e. The van der Waals surface area contributed by atoms with E-state index in [-0.39, 0.29) is 24.1 Å². The Morgan fingerprint density at radius 3 is 1.35 bits per heavy atom. The van der Waals surface area contributed by atoms with Gasteiger partial charge in [0.2, 0.25) is 10.9 Å². The predicted molar refractivity (Wildman–Crippen MR) is 156 cm³/mol. The average molecular weight is 531 g/mol. The van der Waals surface area contributed by atoms with Gasteiger partial charge in [-0.05, 0) is 49.2 Å². The molecule has 6 rings (SSSR count). The largest absolute Gasteiger partial charge is 0.490 e. The van der Waals surface area contributed by atoms with Gasteiger partial charge in [-0.15, -0.1) is 0 Å². The number of rotatable bonds is 7. The molecule has 6 aromatic rings. The van der Waals surface area contributed by atoms with Gasteiger partial charge < -0.3 is 18.3 Å². The van der Waals surface area contributed by atoms with Crippen molar-refractivity contribution >= 4 is 21.9 Å². The van der Waals surface area contributed by atoms with E-state index in [4.69, 9.17) is 18.3 Å². The molecule has 0 fully saturated rings. The van der Waals surface area contributed by atoms with Crippen molar-refractivity contribution in [3.05, 3.63) is 129 Å². The van der Waals surface area contributed by atoms with Crippen LogP contribution in [-0.4, -0.2) is 13.2 Å². The van der Waals surface area contributed by atoms with Crippen LogP contribution in [0.3, 0.4) is 0 Å². The maximum atomic E-state index is 13.2. The maximum absolute atomic E-state index is 13.2. The Morgan fingerprint density at radius 2 is 0.950 bits per heavy atom. The molecule has 0 aliphatic rings. The van der Waals surface area contributed by atoms with Gasteiger partial charge in [0.25, 0.3) is 0 Å². The number of fused-ring (bicyclic) bond motifs is 2. The van der Waals surface area contributed by atoms with Crippen LogP contribution in [0, 0.1) is 13.8 Å². The Bertz CT molecular complexity index is 1810. The van der Waals surface area contributed by atoms with E-state index in [0.29, 0.717) is 56.1 Å². The smallest absolute Gasteiger partial charge is 0.200 e. The minimum absolute atomic E-state index is 0.0751. The predicted octanol–water partition coefficient (Wildman–Crippen LogP) is 7.31. The van der Waals surface area contributed by atoms with E-state index >= 15 is 0 Å². The third-order valence-electron chi connectivity index (χ3n) is 6.83. The Labute approximate surface area is 230 Å². The zero-order valence-electron chi connectivity index (χ0n) is 22.1. The monoisotopic (exact) mass is 530 g/mol. The zero-order chi connectivity index (χ0) is 27.6. The second-order valence-corrected chi connectivity index (χ2v) is 9.47. The summed E-state index contributed by atoms with van der Waals surface area (Å²) in [6.07, 6.45) is 0. The zero-order valence-corrected chi connectivity index (χ0v) is 22.1. The molecule has 0 aliphatic heterocycles. The lowest BCUT2D eigenvalue weighted by molar-refractivity contribution is 0.217. The van der Waals surface area contributed by atoms with Gasteiger partial charge in [-0.3, -0.25) is 9.59 Å². The van der Waals surface area contributed by atoms with Crippen LogP contribution in [0.5, 0.6) is 11.5 Å². The molecule has 40 heavy (non-hydrogen) atoms. The number of hydrogen-bond acceptors (Lipinski definition) is 6. The van der Waals surface area contributed by atoms with E-state index in [1.165, 1.54) is 0 Å². The lowest BCUT2D eigenvalue weighted by Crippen LogP contribution is -2.10. The lowest BCUT2D eigenvalue weighted by atomic mass is 10.0. The molecular weight excluding hydrogens is 504 g/mol. The Hall–Kier alpha value is -5.10. The Morgan fingerprint density at radius 1 is 0.550 bits per heavy atom. The molecule has 0 atom stereocenters. The van der Waals surface area contributed by atoms with Crippen LogP contribution in [0.2, 0.25) is 0 Å². The molecule has 0 saturated heterocycles. The first-order chi connectivity index (χ1) is 19.5. The van der Waals surface area contributed by atoms with Gasteiger partial charge in [-0.25, -0.2) is 0 Å². The van der Waals surface area contributed by atoms with Gasteiger partial charge >= 0.3 is 0 Å². The molecule has 4 aromatic carbocycles. The third kappa shape index (κ3) is 4.76. The van der Waals surface area contributed by atoms with Gasteiger partial charge in [0.15, 0.2) is 0 Å². The first-order valence-electron chi connectivity index (χ1n) is 13.0. The third-order valence-corrected chi connectivity index (χ3v) is 6.83. The Kier molecular flexibility index (Phi) is 6.66. The van der Waals surface area contributed by atoms with Crippen LogP contribution in [0.4, 0.5) is 0 Å². The summed E-state index contributed by atoms with van der Waals surface area (Å²) in [4.78, 5) is 26.3. The summed E-state index contributed by atoms with van der Waals surface area (Å²) in [7, 11) is 0. The molecule has 0 N–H and O–H groups in total. The van der Waals surface area contributed by atoms with Crippen molar-refractivity contribution in [2.45, 2.75) is 13.8 Å². The quantitative estimate of drug-likeness (QED) is 0.201. The summed E-state index contributed by atoms with van der Waals surface area (Å²) in [6.45, 7) is 4.12. The number of benzene rings is 4. The van der Waals surface area contributed by atoms with Crippen LogP contribution in [0.15, 0.2) is 115 Å². The molecule has 0 unspecified atom stereocenters. The molecule has 6 nitrogen and oxygen atoms in total. The average Bonchev–Trinajstić information content (AvgIpc) is 2.96. The van der Waals surface area contributed by atoms with Crippen molar-refractivity contribution in [3.63, 3.8) is 0 Å². The molecule has 2 heterocycles. The summed E-state index contributed by atoms with van der Waals surface area (Å²) in [5.74, 6) is 2.25. The van der Waals surface area contributed by atoms with E-state index in [9.17, 15) is 9.59 Å². The van der Waals surface area contributed by atoms with Crippen LogP contribution in [-0.2, 0) is 0 Å². The van der Waals surface area contributed by atoms with Gasteiger partial charge in [0.1, 0.15) is 47.4 Å². The number of ether oxygens (including phenoxy) is 2. The topological polar surface area (TPSA) is 78.9 Å². The number of hydrogen-bond donors (Lipinski definition) is 0. The second-order valence-electron chi connectivity index (χ2n) is 9.47. The van der Waals surface area contributed by atoms with Crippen molar-refractivity contribution in [2.24, 2.45) is 0 Å². The molecule has 0 saturated carbocycles. The highest BCUT2D eigenvalue weighted by atomic mass is 16.5. The molecular formula is C34H26O6. The van der Waals surface area contributed by atoms with Crippen molar-refractivity contribution in [3.8, 4) is 33.8 Å². The highest BCUT2D eigenvalue weighted by molar-refractivity contribution is 5.84. The van der Waals surface area contributed by atoms with Crippen LogP contribution >= 0.6 is 0 Å². The summed E-state index contributed by atoms with van der Waals surface area (Å²) < 4.78 is 23.7. The van der Waals surface area contributed by atoms with E-state index < -0.39 is 0 Å². The van der Waals surface area contributed by atoms with Gasteiger partial charge in [0.05, 0.1) is 21.9 Å². The van der Waals surface area contributed by atoms with Gasteiger partial charge in [-0.2, -0.15) is 0 Å². The molecule has 0 aliphatic carbocycles. The van der Waals surface area contributed by atoms with Crippen LogP contribution in [0.25, 0.3) is 44.2 Å². The summed E-state index contributed by atoms with van der Waals surface area (Å²) in [5, 5.41) is 0.993. The summed E-state index contributed by atoms with van der Waals surface area (Å²) in [6, 6.07) is 29.4. The molecule has 0 spiro atoms. The fraction of sp³-hybridized carbons (Fsp3) is 0.118. The fourth-order valence-corrected chi connectivity index (χ4v) is 4.95. The molecule has 0 amide bonds. The van der Waals surface area contributed by atoms with Crippen molar-refractivity contribution in [1.82, 2.24) is 0 Å². The Balaban J connectivity index is 1.15. The molecule has 0 bridgehead atoms. The summed E-state index contributed by atoms with van der Waals surface area (Å²) >= 11 is 0. The van der Waals surface area contributed by atoms with E-state index in [1.54, 1.807) is 50.2 Å². The normalized spacial score (nSPS) is 11.2. The highest BCUT2D eigenvalue weighted by Crippen LogP contribution is 2.28. The first-order valence-corrected chi connectivity index (χ1v) is 13.0. The first kappa shape index (κ1) is 25.2. The van der Waals surface area contributed by atoms with Crippen molar-refractivity contribution in [1.29, 1.82) is 0 Å². The van der Waals surface area contributed by atoms with E-state index in [0.717, 1.165) is 11.1 Å². The van der Waals surface area contributed by atoms with Crippen LogP contribution in [0.1, 0.15) is 11.5 Å².